The van der Waals surface area contributed by atoms with E-state index in [1.165, 1.54) is 22.2 Å². The third-order valence-electron chi connectivity index (χ3n) is 5.24. The zero-order chi connectivity index (χ0) is 16.0. The second-order valence-corrected chi connectivity index (χ2v) is 7.44. The zero-order valence-corrected chi connectivity index (χ0v) is 13.9. The minimum absolute atomic E-state index is 0.102. The Labute approximate surface area is 136 Å². The van der Waals surface area contributed by atoms with Gasteiger partial charge in [-0.2, -0.15) is 0 Å². The second kappa shape index (κ2) is 5.38. The summed E-state index contributed by atoms with van der Waals surface area (Å²) in [6.45, 7) is 6.41. The molecule has 0 spiro atoms. The van der Waals surface area contributed by atoms with Gasteiger partial charge in [0, 0.05) is 54.2 Å². The molecular weight excluding hydrogens is 288 g/mol. The van der Waals surface area contributed by atoms with Crippen molar-refractivity contribution in [1.82, 2.24) is 9.88 Å². The van der Waals surface area contributed by atoms with Gasteiger partial charge >= 0.3 is 0 Å². The van der Waals surface area contributed by atoms with Crippen molar-refractivity contribution in [3.05, 3.63) is 35.5 Å². The third kappa shape index (κ3) is 2.65. The lowest BCUT2D eigenvalue weighted by molar-refractivity contribution is -0.146. The van der Waals surface area contributed by atoms with Crippen LogP contribution in [-0.4, -0.2) is 34.5 Å². The van der Waals surface area contributed by atoms with E-state index in [0.717, 1.165) is 32.4 Å². The van der Waals surface area contributed by atoms with E-state index in [2.05, 4.69) is 48.0 Å². The number of amides is 1. The predicted octanol–water partition coefficient (Wildman–Crippen LogP) is 3.26. The first-order chi connectivity index (χ1) is 11.0. The number of carbonyl (C=O) groups is 1. The number of nitrogens with zero attached hydrogens (tertiary/aromatic N) is 1. The largest absolute Gasteiger partial charge is 0.376 e. The van der Waals surface area contributed by atoms with Crippen molar-refractivity contribution in [2.24, 2.45) is 5.92 Å². The Balaban J connectivity index is 1.56. The molecule has 1 aromatic heterocycles. The van der Waals surface area contributed by atoms with Crippen molar-refractivity contribution < 1.29 is 9.53 Å². The Morgan fingerprint density at radius 2 is 2.17 bits per heavy atom. The maximum atomic E-state index is 13.0. The Kier molecular flexibility index (Phi) is 3.45. The molecule has 4 heteroatoms. The molecule has 122 valence electrons. The number of benzene rings is 1. The summed E-state index contributed by atoms with van der Waals surface area (Å²) in [6, 6.07) is 8.38. The summed E-state index contributed by atoms with van der Waals surface area (Å²) in [6.07, 6.45) is 2.59. The molecular formula is C19H24N2O2. The lowest BCUT2D eigenvalue weighted by atomic mass is 9.87. The Morgan fingerprint density at radius 3 is 3.00 bits per heavy atom. The van der Waals surface area contributed by atoms with Crippen LogP contribution in [0.3, 0.4) is 0 Å². The summed E-state index contributed by atoms with van der Waals surface area (Å²) in [5.74, 6) is 0.405. The number of hydrogen-bond donors (Lipinski definition) is 1. The number of para-hydroxylation sites is 1. The zero-order valence-electron chi connectivity index (χ0n) is 13.9. The van der Waals surface area contributed by atoms with Crippen molar-refractivity contribution in [3.8, 4) is 0 Å². The van der Waals surface area contributed by atoms with E-state index in [1.54, 1.807) is 0 Å². The monoisotopic (exact) mass is 312 g/mol. The fourth-order valence-electron chi connectivity index (χ4n) is 4.06. The number of nitrogens with one attached hydrogen (secondary N) is 1. The van der Waals surface area contributed by atoms with E-state index < -0.39 is 0 Å². The van der Waals surface area contributed by atoms with E-state index in [0.29, 0.717) is 12.5 Å². The molecule has 1 fully saturated rings. The van der Waals surface area contributed by atoms with Gasteiger partial charge < -0.3 is 14.6 Å². The third-order valence-corrected chi connectivity index (χ3v) is 5.24. The van der Waals surface area contributed by atoms with Gasteiger partial charge in [-0.1, -0.05) is 18.2 Å². The topological polar surface area (TPSA) is 45.3 Å². The molecule has 0 aliphatic carbocycles. The Morgan fingerprint density at radius 1 is 1.35 bits per heavy atom. The van der Waals surface area contributed by atoms with Crippen molar-refractivity contribution in [3.63, 3.8) is 0 Å². The molecule has 3 heterocycles. The van der Waals surface area contributed by atoms with Crippen molar-refractivity contribution in [1.29, 1.82) is 0 Å². The van der Waals surface area contributed by atoms with Crippen molar-refractivity contribution in [2.45, 2.75) is 45.3 Å². The van der Waals surface area contributed by atoms with Gasteiger partial charge in [0.1, 0.15) is 0 Å². The fraction of sp³-hybridized carbons (Fsp3) is 0.526. The van der Waals surface area contributed by atoms with E-state index in [4.69, 9.17) is 4.74 Å². The molecule has 23 heavy (non-hydrogen) atoms. The lowest BCUT2D eigenvalue weighted by Crippen LogP contribution is -2.45. The van der Waals surface area contributed by atoms with Crippen LogP contribution in [0.2, 0.25) is 0 Å². The number of fused-ring (bicyclic) bond motifs is 3. The molecule has 0 saturated carbocycles. The number of H-pyrrole nitrogens is 1. The minimum atomic E-state index is -0.180. The lowest BCUT2D eigenvalue weighted by Gasteiger charge is -2.38. The van der Waals surface area contributed by atoms with Crippen molar-refractivity contribution in [2.75, 3.05) is 13.2 Å². The normalized spacial score (nSPS) is 23.7. The minimum Gasteiger partial charge on any atom is -0.376 e. The highest BCUT2D eigenvalue weighted by Crippen LogP contribution is 2.32. The van der Waals surface area contributed by atoms with Crippen LogP contribution in [0.25, 0.3) is 10.9 Å². The summed E-state index contributed by atoms with van der Waals surface area (Å²) < 4.78 is 5.76. The maximum Gasteiger partial charge on any atom is 0.226 e. The molecule has 2 aliphatic heterocycles. The molecule has 0 bridgehead atoms. The van der Waals surface area contributed by atoms with E-state index in [9.17, 15) is 4.79 Å². The van der Waals surface area contributed by atoms with Crippen LogP contribution >= 0.6 is 0 Å². The molecule has 0 unspecified atom stereocenters. The molecule has 4 nitrogen and oxygen atoms in total. The summed E-state index contributed by atoms with van der Waals surface area (Å²) in [4.78, 5) is 18.5. The summed E-state index contributed by atoms with van der Waals surface area (Å²) in [5.41, 5.74) is 3.59. The molecule has 2 aliphatic rings. The van der Waals surface area contributed by atoms with Gasteiger partial charge in [-0.25, -0.2) is 0 Å². The van der Waals surface area contributed by atoms with Crippen LogP contribution in [-0.2, 0) is 22.5 Å². The average Bonchev–Trinajstić information content (AvgIpc) is 2.91. The van der Waals surface area contributed by atoms with Gasteiger partial charge in [-0.15, -0.1) is 0 Å². The molecule has 0 radical (unpaired) electrons. The van der Waals surface area contributed by atoms with Crippen LogP contribution in [0.5, 0.6) is 0 Å². The van der Waals surface area contributed by atoms with Crippen molar-refractivity contribution >= 4 is 16.8 Å². The van der Waals surface area contributed by atoms with Gasteiger partial charge in [0.25, 0.3) is 0 Å². The van der Waals surface area contributed by atoms with Crippen LogP contribution in [0.1, 0.15) is 37.9 Å². The first kappa shape index (κ1) is 14.8. The predicted molar refractivity (Wildman–Crippen MR) is 90.2 cm³/mol. The molecule has 4 rings (SSSR count). The standard InChI is InChI=1S/C19H24N2O2/c1-19(2)11-13(8-10-23-19)18(22)21-9-7-17-15(12-21)14-5-3-4-6-16(14)20-17/h3-6,13,20H,7-12H2,1-2H3/t13-/m0/s1. The first-order valence-corrected chi connectivity index (χ1v) is 8.55. The highest BCUT2D eigenvalue weighted by molar-refractivity contribution is 5.86. The number of hydrogen-bond acceptors (Lipinski definition) is 2. The highest BCUT2D eigenvalue weighted by Gasteiger charge is 2.36. The van der Waals surface area contributed by atoms with Gasteiger partial charge in [0.15, 0.2) is 0 Å². The molecule has 1 aromatic carbocycles. The van der Waals surface area contributed by atoms with E-state index in [-0.39, 0.29) is 11.5 Å². The van der Waals surface area contributed by atoms with E-state index >= 15 is 0 Å². The smallest absolute Gasteiger partial charge is 0.226 e. The quantitative estimate of drug-likeness (QED) is 0.878. The summed E-state index contributed by atoms with van der Waals surface area (Å²) >= 11 is 0. The first-order valence-electron chi connectivity index (χ1n) is 8.55. The van der Waals surface area contributed by atoms with E-state index in [1.807, 2.05) is 0 Å². The van der Waals surface area contributed by atoms with Gasteiger partial charge in [0.05, 0.1) is 5.60 Å². The molecule has 1 atom stereocenters. The average molecular weight is 312 g/mol. The molecule has 1 saturated heterocycles. The number of rotatable bonds is 1. The van der Waals surface area contributed by atoms with Gasteiger partial charge in [-0.05, 0) is 32.8 Å². The number of aromatic amines is 1. The Bertz CT molecular complexity index is 747. The van der Waals surface area contributed by atoms with Crippen LogP contribution in [0.15, 0.2) is 24.3 Å². The second-order valence-electron chi connectivity index (χ2n) is 7.44. The maximum absolute atomic E-state index is 13.0. The van der Waals surface area contributed by atoms with Crippen LogP contribution in [0.4, 0.5) is 0 Å². The molecule has 2 aromatic rings. The van der Waals surface area contributed by atoms with Gasteiger partial charge in [-0.3, -0.25) is 4.79 Å². The van der Waals surface area contributed by atoms with Crippen LogP contribution < -0.4 is 0 Å². The highest BCUT2D eigenvalue weighted by atomic mass is 16.5. The Hall–Kier alpha value is -1.81. The molecule has 1 N–H and O–H groups in total. The summed E-state index contributed by atoms with van der Waals surface area (Å²) in [7, 11) is 0. The number of carbonyl (C=O) groups excluding carboxylic acids is 1. The number of aromatic nitrogens is 1. The van der Waals surface area contributed by atoms with Gasteiger partial charge in [0.2, 0.25) is 5.91 Å². The fourth-order valence-corrected chi connectivity index (χ4v) is 4.06. The van der Waals surface area contributed by atoms with Crippen LogP contribution in [0, 0.1) is 5.92 Å². The molecule has 1 amide bonds. The number of ether oxygens (including phenoxy) is 1. The summed E-state index contributed by atoms with van der Waals surface area (Å²) in [5, 5.41) is 1.26. The SMILES string of the molecule is CC1(C)C[C@@H](C(=O)N2CCc3[nH]c4ccccc4c3C2)CCO1.